The number of aliphatic hydroxyl groups is 1. The normalized spacial score (nSPS) is 20.3. The van der Waals surface area contributed by atoms with Gasteiger partial charge in [-0.05, 0) is 55.5 Å². The number of alkyl halides is 4. The molecule has 4 aromatic rings. The highest BCUT2D eigenvalue weighted by atomic mass is 19.4. The van der Waals surface area contributed by atoms with Crippen molar-refractivity contribution in [2.45, 2.75) is 42.8 Å². The monoisotopic (exact) mass is 601 g/mol. The van der Waals surface area contributed by atoms with Gasteiger partial charge in [0.1, 0.15) is 29.3 Å². The number of benzene rings is 2. The Labute approximate surface area is 240 Å². The summed E-state index contributed by atoms with van der Waals surface area (Å²) in [5.41, 5.74) is -0.429. The van der Waals surface area contributed by atoms with Gasteiger partial charge in [-0.1, -0.05) is 0 Å². The number of fused-ring (bicyclic) bond motifs is 2. The smallest absolute Gasteiger partial charge is 0.424 e. The first-order chi connectivity index (χ1) is 20.1. The average Bonchev–Trinajstić information content (AvgIpc) is 3.41. The third kappa shape index (κ3) is 4.65. The van der Waals surface area contributed by atoms with Gasteiger partial charge >= 0.3 is 6.18 Å². The standard InChI is InChI=1S/C29H24F5N5O4/c1-26(25(35)41)14-43-23-19(26)11-21(37-22(23)15-2-5-18(30)6-3-15)28(42,29(32,33)34)13-36-24(40)16-4-7-20-17(10-16)12-39(38-20)27(31)8-9-27/h2-7,10-12,42H,8-9,13-14H2,1H3,(H2,35,41)(H,36,40)/t26-,28?/m0/s1. The average molecular weight is 602 g/mol. The Morgan fingerprint density at radius 3 is 2.47 bits per heavy atom. The molecule has 1 unspecified atom stereocenters. The van der Waals surface area contributed by atoms with Crippen molar-refractivity contribution in [3.8, 4) is 17.0 Å². The Morgan fingerprint density at radius 2 is 1.84 bits per heavy atom. The zero-order valence-corrected chi connectivity index (χ0v) is 22.5. The second-order valence-electron chi connectivity index (χ2n) is 11.0. The molecule has 2 aliphatic rings. The second-order valence-corrected chi connectivity index (χ2v) is 11.0. The molecule has 224 valence electrons. The molecule has 9 nitrogen and oxygen atoms in total. The van der Waals surface area contributed by atoms with Crippen molar-refractivity contribution in [2.24, 2.45) is 5.73 Å². The van der Waals surface area contributed by atoms with Gasteiger partial charge in [-0.2, -0.15) is 18.3 Å². The number of amides is 2. The summed E-state index contributed by atoms with van der Waals surface area (Å²) >= 11 is 0. The lowest BCUT2D eigenvalue weighted by Crippen LogP contribution is -2.51. The van der Waals surface area contributed by atoms with Crippen LogP contribution in [0.5, 0.6) is 5.75 Å². The molecule has 0 spiro atoms. The van der Waals surface area contributed by atoms with Gasteiger partial charge in [0, 0.05) is 41.1 Å². The highest BCUT2D eigenvalue weighted by Crippen LogP contribution is 2.48. The molecule has 2 amide bonds. The van der Waals surface area contributed by atoms with Crippen LogP contribution in [-0.4, -0.2) is 51.0 Å². The number of carbonyl (C=O) groups is 2. The largest absolute Gasteiger partial charge is 0.489 e. The number of nitrogens with two attached hydrogens (primary N) is 1. The van der Waals surface area contributed by atoms with Crippen LogP contribution in [0.1, 0.15) is 41.4 Å². The SMILES string of the molecule is C[C@]1(C(N)=O)COc2c1cc(C(O)(CNC(=O)c1ccc3nn(C4(F)CC4)cc3c1)C(F)(F)F)nc2-c1ccc(F)cc1. The molecule has 1 saturated carbocycles. The Morgan fingerprint density at radius 1 is 1.14 bits per heavy atom. The van der Waals surface area contributed by atoms with E-state index in [1.807, 2.05) is 0 Å². The first-order valence-electron chi connectivity index (χ1n) is 13.2. The summed E-state index contributed by atoms with van der Waals surface area (Å²) in [4.78, 5) is 29.4. The van der Waals surface area contributed by atoms with E-state index in [2.05, 4.69) is 15.4 Å². The van der Waals surface area contributed by atoms with Gasteiger partial charge in [-0.25, -0.2) is 18.4 Å². The summed E-state index contributed by atoms with van der Waals surface area (Å²) in [6.07, 6.45) is -3.35. The van der Waals surface area contributed by atoms with Crippen LogP contribution in [0.25, 0.3) is 22.2 Å². The number of rotatable bonds is 7. The molecule has 0 saturated heterocycles. The number of carbonyl (C=O) groups excluding carboxylic acids is 2. The molecule has 1 aliphatic heterocycles. The van der Waals surface area contributed by atoms with Gasteiger partial charge in [-0.15, -0.1) is 0 Å². The number of primary amides is 1. The number of nitrogens with one attached hydrogen (secondary N) is 1. The van der Waals surface area contributed by atoms with Gasteiger partial charge in [0.15, 0.2) is 0 Å². The maximum atomic E-state index is 14.6. The predicted octanol–water partition coefficient (Wildman–Crippen LogP) is 3.97. The number of halogens is 5. The number of pyridine rings is 1. The molecule has 1 fully saturated rings. The molecule has 2 aromatic heterocycles. The van der Waals surface area contributed by atoms with Crippen LogP contribution in [0, 0.1) is 5.82 Å². The van der Waals surface area contributed by atoms with Crippen molar-refractivity contribution in [2.75, 3.05) is 13.2 Å². The molecule has 4 N–H and O–H groups in total. The van der Waals surface area contributed by atoms with Gasteiger partial charge in [0.05, 0.1) is 17.8 Å². The minimum atomic E-state index is -5.37. The summed E-state index contributed by atoms with van der Waals surface area (Å²) in [6, 6.07) is 9.62. The minimum Gasteiger partial charge on any atom is -0.489 e. The zero-order chi connectivity index (χ0) is 30.9. The quantitative estimate of drug-likeness (QED) is 0.275. The van der Waals surface area contributed by atoms with Crippen LogP contribution in [0.4, 0.5) is 22.0 Å². The first-order valence-corrected chi connectivity index (χ1v) is 13.2. The molecule has 2 atom stereocenters. The van der Waals surface area contributed by atoms with E-state index in [9.17, 15) is 36.6 Å². The molecule has 43 heavy (non-hydrogen) atoms. The van der Waals surface area contributed by atoms with Crippen LogP contribution in [0.3, 0.4) is 0 Å². The van der Waals surface area contributed by atoms with Gasteiger partial charge in [-0.3, -0.25) is 9.59 Å². The van der Waals surface area contributed by atoms with Crippen LogP contribution in [0.2, 0.25) is 0 Å². The number of nitrogens with zero attached hydrogens (tertiary/aromatic N) is 3. The topological polar surface area (TPSA) is 132 Å². The number of hydrogen-bond donors (Lipinski definition) is 3. The zero-order valence-electron chi connectivity index (χ0n) is 22.5. The molecule has 1 aliphatic carbocycles. The van der Waals surface area contributed by atoms with E-state index < -0.39 is 52.9 Å². The second kappa shape index (κ2) is 9.46. The summed E-state index contributed by atoms with van der Waals surface area (Å²) in [5, 5.41) is 17.8. The van der Waals surface area contributed by atoms with Crippen LogP contribution in [0.15, 0.2) is 54.7 Å². The fourth-order valence-electron chi connectivity index (χ4n) is 4.95. The number of aromatic nitrogens is 3. The Kier molecular flexibility index (Phi) is 6.27. The molecular formula is C29H24F5N5O4. The molecule has 3 heterocycles. The fraction of sp³-hybridized carbons (Fsp3) is 0.310. The van der Waals surface area contributed by atoms with E-state index in [0.717, 1.165) is 22.9 Å². The highest BCUT2D eigenvalue weighted by Gasteiger charge is 2.57. The molecule has 0 radical (unpaired) electrons. The van der Waals surface area contributed by atoms with Gasteiger partial charge < -0.3 is 20.9 Å². The fourth-order valence-corrected chi connectivity index (χ4v) is 4.95. The van der Waals surface area contributed by atoms with Crippen LogP contribution in [-0.2, 0) is 21.6 Å². The van der Waals surface area contributed by atoms with E-state index in [-0.39, 0.29) is 34.7 Å². The Hall–Kier alpha value is -4.59. The van der Waals surface area contributed by atoms with E-state index in [1.54, 1.807) is 0 Å². The van der Waals surface area contributed by atoms with Crippen molar-refractivity contribution in [3.63, 3.8) is 0 Å². The maximum Gasteiger partial charge on any atom is 0.424 e. The third-order valence-electron chi connectivity index (χ3n) is 7.97. The summed E-state index contributed by atoms with van der Waals surface area (Å²) in [6.45, 7) is -0.288. The van der Waals surface area contributed by atoms with Crippen molar-refractivity contribution in [3.05, 3.63) is 77.4 Å². The number of hydrogen-bond acceptors (Lipinski definition) is 6. The number of ether oxygens (including phenoxy) is 1. The molecule has 6 rings (SSSR count). The molecule has 2 aromatic carbocycles. The predicted molar refractivity (Wildman–Crippen MR) is 142 cm³/mol. The maximum absolute atomic E-state index is 14.6. The summed E-state index contributed by atoms with van der Waals surface area (Å²) in [5.74, 6) is -4.09. The Bertz CT molecular complexity index is 1790. The molecule has 14 heteroatoms. The van der Waals surface area contributed by atoms with E-state index in [4.69, 9.17) is 10.5 Å². The lowest BCUT2D eigenvalue weighted by atomic mass is 9.81. The summed E-state index contributed by atoms with van der Waals surface area (Å²) < 4.78 is 78.6. The molecule has 0 bridgehead atoms. The highest BCUT2D eigenvalue weighted by molar-refractivity contribution is 5.98. The van der Waals surface area contributed by atoms with Crippen molar-refractivity contribution < 1.29 is 41.4 Å². The van der Waals surface area contributed by atoms with Crippen molar-refractivity contribution in [1.29, 1.82) is 0 Å². The lowest BCUT2D eigenvalue weighted by molar-refractivity contribution is -0.265. The summed E-state index contributed by atoms with van der Waals surface area (Å²) in [7, 11) is 0. The van der Waals surface area contributed by atoms with Crippen molar-refractivity contribution >= 4 is 22.7 Å². The lowest BCUT2D eigenvalue weighted by Gasteiger charge is -2.31. The van der Waals surface area contributed by atoms with Crippen molar-refractivity contribution in [1.82, 2.24) is 20.1 Å². The van der Waals surface area contributed by atoms with E-state index >= 15 is 0 Å². The van der Waals surface area contributed by atoms with Crippen LogP contribution >= 0.6 is 0 Å². The Balaban J connectivity index is 1.38. The molecular weight excluding hydrogens is 577 g/mol. The van der Waals surface area contributed by atoms with E-state index in [0.29, 0.717) is 23.7 Å². The van der Waals surface area contributed by atoms with E-state index in [1.165, 1.54) is 43.5 Å². The first kappa shape index (κ1) is 28.5. The van der Waals surface area contributed by atoms with Gasteiger partial charge in [0.2, 0.25) is 17.3 Å². The van der Waals surface area contributed by atoms with Gasteiger partial charge in [0.25, 0.3) is 5.91 Å². The third-order valence-corrected chi connectivity index (χ3v) is 7.97. The minimum absolute atomic E-state index is 0.0414. The van der Waals surface area contributed by atoms with Crippen LogP contribution < -0.4 is 15.8 Å².